The Hall–Kier alpha value is -0.300. The van der Waals surface area contributed by atoms with Crippen molar-refractivity contribution < 1.29 is 21.6 Å². The first-order chi connectivity index (χ1) is 7.66. The summed E-state index contributed by atoms with van der Waals surface area (Å²) in [5.74, 6) is 0.283. The van der Waals surface area contributed by atoms with E-state index in [9.17, 15) is 21.6 Å². The highest BCUT2D eigenvalue weighted by molar-refractivity contribution is 7.91. The first-order valence-corrected chi connectivity index (χ1v) is 7.46. The van der Waals surface area contributed by atoms with E-state index in [-0.39, 0.29) is 24.0 Å². The third kappa shape index (κ3) is 10.6. The number of alkyl halides is 3. The molecule has 0 aliphatic heterocycles. The van der Waals surface area contributed by atoms with Gasteiger partial charge in [-0.2, -0.15) is 13.2 Å². The lowest BCUT2D eigenvalue weighted by molar-refractivity contribution is -0.125. The van der Waals surface area contributed by atoms with Gasteiger partial charge in [-0.25, -0.2) is 8.42 Å². The number of rotatable bonds is 8. The van der Waals surface area contributed by atoms with Crippen LogP contribution in [0.25, 0.3) is 0 Å². The van der Waals surface area contributed by atoms with Gasteiger partial charge in [0.25, 0.3) is 0 Å². The lowest BCUT2D eigenvalue weighted by atomic mass is 10.1. The minimum atomic E-state index is -4.19. The minimum Gasteiger partial charge on any atom is -0.308 e. The second kappa shape index (κ2) is 7.20. The topological polar surface area (TPSA) is 46.2 Å². The largest absolute Gasteiger partial charge is 0.401 e. The normalized spacial score (nSPS) is 14.9. The average molecular weight is 275 g/mol. The molecule has 0 saturated heterocycles. The molecule has 0 saturated carbocycles. The molecule has 1 N–H and O–H groups in total. The van der Waals surface area contributed by atoms with E-state index in [0.717, 1.165) is 0 Å². The highest BCUT2D eigenvalue weighted by Gasteiger charge is 2.26. The van der Waals surface area contributed by atoms with E-state index >= 15 is 0 Å². The van der Waals surface area contributed by atoms with E-state index < -0.39 is 22.6 Å². The zero-order valence-electron chi connectivity index (χ0n) is 10.2. The van der Waals surface area contributed by atoms with Gasteiger partial charge in [0, 0.05) is 5.75 Å². The standard InChI is InChI=1S/C10H20F3NO2S/c1-3-17(15,16)6-4-5-9(2)7-14-8-10(11,12)13/h9,14H,3-8H2,1-2H3. The van der Waals surface area contributed by atoms with Crippen LogP contribution < -0.4 is 5.32 Å². The van der Waals surface area contributed by atoms with Gasteiger partial charge in [0.2, 0.25) is 0 Å². The number of sulfone groups is 1. The lowest BCUT2D eigenvalue weighted by Crippen LogP contribution is -2.32. The molecule has 0 amide bonds. The van der Waals surface area contributed by atoms with Crippen molar-refractivity contribution in [3.8, 4) is 0 Å². The first-order valence-electron chi connectivity index (χ1n) is 5.64. The fourth-order valence-electron chi connectivity index (χ4n) is 1.36. The van der Waals surface area contributed by atoms with Crippen molar-refractivity contribution in [2.45, 2.75) is 32.9 Å². The van der Waals surface area contributed by atoms with Crippen molar-refractivity contribution in [2.75, 3.05) is 24.6 Å². The molecule has 0 fully saturated rings. The Morgan fingerprint density at radius 3 is 2.35 bits per heavy atom. The minimum absolute atomic E-state index is 0.0457. The molecule has 1 atom stereocenters. The lowest BCUT2D eigenvalue weighted by Gasteiger charge is -2.13. The molecule has 7 heteroatoms. The van der Waals surface area contributed by atoms with Crippen LogP contribution in [0.1, 0.15) is 26.7 Å². The van der Waals surface area contributed by atoms with E-state index in [1.165, 1.54) is 0 Å². The highest BCUT2D eigenvalue weighted by Crippen LogP contribution is 2.13. The van der Waals surface area contributed by atoms with Crippen LogP contribution in [0.4, 0.5) is 13.2 Å². The van der Waals surface area contributed by atoms with Crippen LogP contribution in [0.2, 0.25) is 0 Å². The number of hydrogen-bond acceptors (Lipinski definition) is 3. The summed E-state index contributed by atoms with van der Waals surface area (Å²) in [6, 6.07) is 0. The molecular formula is C10H20F3NO2S. The van der Waals surface area contributed by atoms with E-state index in [2.05, 4.69) is 5.32 Å². The summed E-state index contributed by atoms with van der Waals surface area (Å²) in [5, 5.41) is 2.31. The van der Waals surface area contributed by atoms with Crippen LogP contribution in [0.3, 0.4) is 0 Å². The second-order valence-corrected chi connectivity index (χ2v) is 6.70. The molecule has 0 aromatic rings. The summed E-state index contributed by atoms with van der Waals surface area (Å²) in [6.45, 7) is 2.65. The van der Waals surface area contributed by atoms with Crippen LogP contribution in [-0.2, 0) is 9.84 Å². The maximum absolute atomic E-state index is 11.8. The number of hydrogen-bond donors (Lipinski definition) is 1. The molecule has 0 bridgehead atoms. The first kappa shape index (κ1) is 16.7. The van der Waals surface area contributed by atoms with Gasteiger partial charge in [0.1, 0.15) is 9.84 Å². The molecule has 0 rings (SSSR count). The predicted molar refractivity (Wildman–Crippen MR) is 61.7 cm³/mol. The number of halogens is 3. The van der Waals surface area contributed by atoms with Crippen LogP contribution in [0, 0.1) is 5.92 Å². The molecule has 0 aromatic heterocycles. The van der Waals surface area contributed by atoms with E-state index in [0.29, 0.717) is 12.8 Å². The zero-order valence-corrected chi connectivity index (χ0v) is 11.0. The Balaban J connectivity index is 3.64. The van der Waals surface area contributed by atoms with Crippen LogP contribution >= 0.6 is 0 Å². The molecule has 0 aliphatic carbocycles. The predicted octanol–water partition coefficient (Wildman–Crippen LogP) is 1.99. The zero-order chi connectivity index (χ0) is 13.5. The maximum Gasteiger partial charge on any atom is 0.401 e. The van der Waals surface area contributed by atoms with E-state index in [1.807, 2.05) is 6.92 Å². The fraction of sp³-hybridized carbons (Fsp3) is 1.00. The molecule has 104 valence electrons. The van der Waals surface area contributed by atoms with Crippen LogP contribution in [0.5, 0.6) is 0 Å². The molecule has 0 aromatic carbocycles. The summed E-state index contributed by atoms with van der Waals surface area (Å²) in [4.78, 5) is 0. The van der Waals surface area contributed by atoms with Crippen molar-refractivity contribution in [1.82, 2.24) is 5.32 Å². The summed E-state index contributed by atoms with van der Waals surface area (Å²) in [6.07, 6.45) is -3.07. The highest BCUT2D eigenvalue weighted by atomic mass is 32.2. The van der Waals surface area contributed by atoms with Crippen molar-refractivity contribution in [2.24, 2.45) is 5.92 Å². The van der Waals surface area contributed by atoms with Crippen LogP contribution in [0.15, 0.2) is 0 Å². The summed E-state index contributed by atoms with van der Waals surface area (Å²) < 4.78 is 57.8. The molecule has 1 unspecified atom stereocenters. The molecule has 3 nitrogen and oxygen atoms in total. The third-order valence-corrected chi connectivity index (χ3v) is 4.20. The molecule has 17 heavy (non-hydrogen) atoms. The monoisotopic (exact) mass is 275 g/mol. The molecular weight excluding hydrogens is 255 g/mol. The Morgan fingerprint density at radius 2 is 1.88 bits per heavy atom. The average Bonchev–Trinajstić information content (AvgIpc) is 2.15. The summed E-state index contributed by atoms with van der Waals surface area (Å²) >= 11 is 0. The number of nitrogens with one attached hydrogen (secondary N) is 1. The Morgan fingerprint density at radius 1 is 1.29 bits per heavy atom. The van der Waals surface area contributed by atoms with E-state index in [4.69, 9.17) is 0 Å². The molecule has 0 aliphatic rings. The van der Waals surface area contributed by atoms with Gasteiger partial charge < -0.3 is 5.32 Å². The van der Waals surface area contributed by atoms with Gasteiger partial charge in [-0.1, -0.05) is 13.8 Å². The Kier molecular flexibility index (Phi) is 7.08. The third-order valence-electron chi connectivity index (χ3n) is 2.41. The van der Waals surface area contributed by atoms with Crippen LogP contribution in [-0.4, -0.2) is 39.2 Å². The summed E-state index contributed by atoms with van der Waals surface area (Å²) in [5.41, 5.74) is 0. The SMILES string of the molecule is CCS(=O)(=O)CCCC(C)CNCC(F)(F)F. The quantitative estimate of drug-likeness (QED) is 0.737. The van der Waals surface area contributed by atoms with Gasteiger partial charge in [-0.15, -0.1) is 0 Å². The smallest absolute Gasteiger partial charge is 0.308 e. The Bertz CT molecular complexity index is 301. The van der Waals surface area contributed by atoms with Gasteiger partial charge >= 0.3 is 6.18 Å². The van der Waals surface area contributed by atoms with Gasteiger partial charge in [0.05, 0.1) is 12.3 Å². The van der Waals surface area contributed by atoms with Crippen molar-refractivity contribution in [1.29, 1.82) is 0 Å². The second-order valence-electron chi connectivity index (χ2n) is 4.23. The van der Waals surface area contributed by atoms with Crippen molar-refractivity contribution in [3.63, 3.8) is 0 Å². The van der Waals surface area contributed by atoms with E-state index in [1.54, 1.807) is 6.92 Å². The van der Waals surface area contributed by atoms with Crippen molar-refractivity contribution >= 4 is 9.84 Å². The summed E-state index contributed by atoms with van der Waals surface area (Å²) in [7, 11) is -2.96. The Labute approximate surface area is 101 Å². The molecule has 0 heterocycles. The van der Waals surface area contributed by atoms with Gasteiger partial charge in [0.15, 0.2) is 0 Å². The maximum atomic E-state index is 11.8. The molecule has 0 spiro atoms. The van der Waals surface area contributed by atoms with Crippen molar-refractivity contribution in [3.05, 3.63) is 0 Å². The molecule has 0 radical (unpaired) electrons. The fourth-order valence-corrected chi connectivity index (χ4v) is 2.25. The van der Waals surface area contributed by atoms with Gasteiger partial charge in [-0.05, 0) is 25.3 Å². The van der Waals surface area contributed by atoms with Gasteiger partial charge in [-0.3, -0.25) is 0 Å².